The van der Waals surface area contributed by atoms with Gasteiger partial charge in [0.25, 0.3) is 11.8 Å². The molecule has 0 spiro atoms. The summed E-state index contributed by atoms with van der Waals surface area (Å²) in [7, 11) is 0. The molecule has 27 heavy (non-hydrogen) atoms. The Labute approximate surface area is 159 Å². The van der Waals surface area contributed by atoms with Crippen LogP contribution < -0.4 is 4.90 Å². The smallest absolute Gasteiger partial charge is 0.266 e. The van der Waals surface area contributed by atoms with Crippen molar-refractivity contribution >= 4 is 5.95 Å². The molecule has 0 bridgehead atoms. The molecule has 1 saturated heterocycles. The van der Waals surface area contributed by atoms with Crippen LogP contribution in [-0.2, 0) is 6.54 Å². The van der Waals surface area contributed by atoms with E-state index in [2.05, 4.69) is 44.0 Å². The highest BCUT2D eigenvalue weighted by Crippen LogP contribution is 2.24. The molecule has 3 aromatic rings. The predicted molar refractivity (Wildman–Crippen MR) is 105 cm³/mol. The molecule has 0 aliphatic carbocycles. The number of likely N-dealkylation sites (N-methyl/N-ethyl adjacent to an activating group) is 1. The Morgan fingerprint density at radius 1 is 1.15 bits per heavy atom. The van der Waals surface area contributed by atoms with E-state index < -0.39 is 0 Å². The maximum Gasteiger partial charge on any atom is 0.266 e. The van der Waals surface area contributed by atoms with Crippen LogP contribution in [0.2, 0.25) is 0 Å². The number of hydrogen-bond donors (Lipinski definition) is 0. The van der Waals surface area contributed by atoms with Crippen molar-refractivity contribution in [2.24, 2.45) is 0 Å². The summed E-state index contributed by atoms with van der Waals surface area (Å²) in [6.45, 7) is 6.08. The van der Waals surface area contributed by atoms with Gasteiger partial charge in [0.2, 0.25) is 0 Å². The van der Waals surface area contributed by atoms with Gasteiger partial charge < -0.3 is 9.42 Å². The highest BCUT2D eigenvalue weighted by atomic mass is 16.5. The Balaban J connectivity index is 1.45. The molecular formula is C21H25N5O. The van der Waals surface area contributed by atoms with Gasteiger partial charge in [-0.1, -0.05) is 25.1 Å². The van der Waals surface area contributed by atoms with Crippen LogP contribution in [0.3, 0.4) is 0 Å². The molecule has 6 heteroatoms. The maximum atomic E-state index is 5.50. The molecule has 1 aliphatic heterocycles. The number of benzene rings is 1. The Hall–Kier alpha value is -2.73. The van der Waals surface area contributed by atoms with Crippen LogP contribution in [0.5, 0.6) is 0 Å². The van der Waals surface area contributed by atoms with Crippen LogP contribution in [0.1, 0.15) is 25.3 Å². The molecule has 0 saturated carbocycles. The Morgan fingerprint density at radius 2 is 1.96 bits per heavy atom. The standard InChI is InChI=1S/C21H25N5O/c1-2-25(15-17-10-12-22-13-11-17)19-9-6-14-26(16-19)21-23-20(27-24-21)18-7-4-3-5-8-18/h3-5,7-8,10-13,19H,2,6,9,14-16H2,1H3/t19-/m1/s1. The van der Waals surface area contributed by atoms with Crippen LogP contribution in [0.25, 0.3) is 11.5 Å². The zero-order chi connectivity index (χ0) is 18.5. The maximum absolute atomic E-state index is 5.50. The molecule has 6 nitrogen and oxygen atoms in total. The molecule has 2 aromatic heterocycles. The number of pyridine rings is 1. The summed E-state index contributed by atoms with van der Waals surface area (Å²) in [6, 6.07) is 14.6. The minimum absolute atomic E-state index is 0.482. The molecule has 0 amide bonds. The lowest BCUT2D eigenvalue weighted by molar-refractivity contribution is 0.175. The lowest BCUT2D eigenvalue weighted by Crippen LogP contribution is -2.48. The van der Waals surface area contributed by atoms with Gasteiger partial charge in [-0.15, -0.1) is 0 Å². The highest BCUT2D eigenvalue weighted by Gasteiger charge is 2.27. The van der Waals surface area contributed by atoms with Gasteiger partial charge in [0.05, 0.1) is 0 Å². The molecule has 0 unspecified atom stereocenters. The summed E-state index contributed by atoms with van der Waals surface area (Å²) in [4.78, 5) is 13.5. The van der Waals surface area contributed by atoms with Crippen molar-refractivity contribution in [2.75, 3.05) is 24.5 Å². The number of aromatic nitrogens is 3. The second-order valence-electron chi connectivity index (χ2n) is 6.93. The fourth-order valence-corrected chi connectivity index (χ4v) is 3.70. The molecule has 4 rings (SSSR count). The zero-order valence-electron chi connectivity index (χ0n) is 15.7. The summed E-state index contributed by atoms with van der Waals surface area (Å²) in [5.74, 6) is 1.27. The van der Waals surface area contributed by atoms with Crippen LogP contribution in [0.15, 0.2) is 59.4 Å². The van der Waals surface area contributed by atoms with Crippen molar-refractivity contribution in [3.63, 3.8) is 0 Å². The molecule has 3 heterocycles. The molecular weight excluding hydrogens is 338 g/mol. The van der Waals surface area contributed by atoms with Gasteiger partial charge >= 0.3 is 0 Å². The summed E-state index contributed by atoms with van der Waals surface area (Å²) in [5, 5.41) is 4.23. The largest absolute Gasteiger partial charge is 0.337 e. The van der Waals surface area contributed by atoms with Crippen molar-refractivity contribution in [3.05, 3.63) is 60.4 Å². The summed E-state index contributed by atoms with van der Waals surface area (Å²) in [5.41, 5.74) is 2.26. The fraction of sp³-hybridized carbons (Fsp3) is 0.381. The molecule has 1 fully saturated rings. The van der Waals surface area contributed by atoms with E-state index >= 15 is 0 Å². The molecule has 0 radical (unpaired) electrons. The van der Waals surface area contributed by atoms with Crippen molar-refractivity contribution in [1.29, 1.82) is 0 Å². The first-order chi connectivity index (χ1) is 13.3. The monoisotopic (exact) mass is 363 g/mol. The van der Waals surface area contributed by atoms with Crippen LogP contribution in [0.4, 0.5) is 5.95 Å². The summed E-state index contributed by atoms with van der Waals surface area (Å²) in [6.07, 6.45) is 6.05. The summed E-state index contributed by atoms with van der Waals surface area (Å²) >= 11 is 0. The molecule has 1 aliphatic rings. The van der Waals surface area contributed by atoms with Crippen LogP contribution in [-0.4, -0.2) is 45.7 Å². The first kappa shape index (κ1) is 17.7. The molecule has 0 N–H and O–H groups in total. The van der Waals surface area contributed by atoms with Crippen molar-refractivity contribution in [1.82, 2.24) is 20.0 Å². The van der Waals surface area contributed by atoms with E-state index in [1.807, 2.05) is 42.7 Å². The first-order valence-electron chi connectivity index (χ1n) is 9.60. The lowest BCUT2D eigenvalue weighted by Gasteiger charge is -2.38. The highest BCUT2D eigenvalue weighted by molar-refractivity contribution is 5.54. The van der Waals surface area contributed by atoms with Gasteiger partial charge in [-0.25, -0.2) is 0 Å². The number of hydrogen-bond acceptors (Lipinski definition) is 6. The number of piperidine rings is 1. The second kappa shape index (κ2) is 8.31. The van der Waals surface area contributed by atoms with Gasteiger partial charge in [-0.05, 0) is 54.4 Å². The minimum atomic E-state index is 0.482. The number of nitrogens with zero attached hydrogens (tertiary/aromatic N) is 5. The van der Waals surface area contributed by atoms with E-state index in [1.165, 1.54) is 12.0 Å². The third kappa shape index (κ3) is 4.17. The minimum Gasteiger partial charge on any atom is -0.337 e. The average molecular weight is 363 g/mol. The third-order valence-electron chi connectivity index (χ3n) is 5.17. The van der Waals surface area contributed by atoms with E-state index in [0.717, 1.165) is 38.2 Å². The molecule has 1 atom stereocenters. The SMILES string of the molecule is CCN(Cc1ccncc1)[C@@H]1CCCN(c2noc(-c3ccccc3)n2)C1. The second-order valence-corrected chi connectivity index (χ2v) is 6.93. The predicted octanol–water partition coefficient (Wildman–Crippen LogP) is 3.62. The van der Waals surface area contributed by atoms with E-state index in [0.29, 0.717) is 17.9 Å². The molecule has 140 valence electrons. The van der Waals surface area contributed by atoms with Gasteiger partial charge in [0, 0.05) is 43.6 Å². The van der Waals surface area contributed by atoms with Crippen molar-refractivity contribution < 1.29 is 4.52 Å². The van der Waals surface area contributed by atoms with Gasteiger partial charge in [0.15, 0.2) is 0 Å². The van der Waals surface area contributed by atoms with Crippen molar-refractivity contribution in [2.45, 2.75) is 32.4 Å². The third-order valence-corrected chi connectivity index (χ3v) is 5.17. The van der Waals surface area contributed by atoms with Crippen LogP contribution >= 0.6 is 0 Å². The van der Waals surface area contributed by atoms with Gasteiger partial charge in [-0.3, -0.25) is 9.88 Å². The van der Waals surface area contributed by atoms with E-state index in [4.69, 9.17) is 4.52 Å². The number of rotatable bonds is 6. The molecule has 1 aromatic carbocycles. The first-order valence-corrected chi connectivity index (χ1v) is 9.60. The van der Waals surface area contributed by atoms with Crippen molar-refractivity contribution in [3.8, 4) is 11.5 Å². The Kier molecular flexibility index (Phi) is 5.44. The van der Waals surface area contributed by atoms with E-state index in [9.17, 15) is 0 Å². The van der Waals surface area contributed by atoms with E-state index in [1.54, 1.807) is 0 Å². The van der Waals surface area contributed by atoms with Gasteiger partial charge in [-0.2, -0.15) is 4.98 Å². The van der Waals surface area contributed by atoms with E-state index in [-0.39, 0.29) is 0 Å². The van der Waals surface area contributed by atoms with Gasteiger partial charge in [0.1, 0.15) is 0 Å². The van der Waals surface area contributed by atoms with Crippen LogP contribution in [0, 0.1) is 0 Å². The quantitative estimate of drug-likeness (QED) is 0.667. The Morgan fingerprint density at radius 3 is 2.74 bits per heavy atom. The summed E-state index contributed by atoms with van der Waals surface area (Å²) < 4.78 is 5.50. The zero-order valence-corrected chi connectivity index (χ0v) is 15.7. The normalized spacial score (nSPS) is 17.4. The lowest BCUT2D eigenvalue weighted by atomic mass is 10.0. The Bertz CT molecular complexity index is 836. The topological polar surface area (TPSA) is 58.3 Å². The number of anilines is 1. The average Bonchev–Trinajstić information content (AvgIpc) is 3.24. The fourth-order valence-electron chi connectivity index (χ4n) is 3.70.